The number of benzene rings is 2. The van der Waals surface area contributed by atoms with E-state index in [2.05, 4.69) is 0 Å². The summed E-state index contributed by atoms with van der Waals surface area (Å²) in [6, 6.07) is 13.2. The van der Waals surface area contributed by atoms with Crippen LogP contribution in [0.25, 0.3) is 0 Å². The molecule has 1 atom stereocenters. The van der Waals surface area contributed by atoms with Crippen LogP contribution < -0.4 is 10.5 Å². The molecule has 1 unspecified atom stereocenters. The first kappa shape index (κ1) is 20.2. The van der Waals surface area contributed by atoms with Gasteiger partial charge in [0.1, 0.15) is 17.8 Å². The van der Waals surface area contributed by atoms with Crippen molar-refractivity contribution in [2.24, 2.45) is 5.73 Å². The summed E-state index contributed by atoms with van der Waals surface area (Å²) in [6.45, 7) is 2.66. The van der Waals surface area contributed by atoms with E-state index in [0.717, 1.165) is 36.1 Å². The number of nitrogens with zero attached hydrogens (tertiary/aromatic N) is 1. The first-order valence-electron chi connectivity index (χ1n) is 10.3. The van der Waals surface area contributed by atoms with Crippen LogP contribution in [0.4, 0.5) is 0 Å². The van der Waals surface area contributed by atoms with Gasteiger partial charge in [-0.2, -0.15) is 0 Å². The van der Waals surface area contributed by atoms with Gasteiger partial charge in [-0.15, -0.1) is 0 Å². The van der Waals surface area contributed by atoms with E-state index < -0.39 is 11.9 Å². The Morgan fingerprint density at radius 1 is 1.13 bits per heavy atom. The second-order valence-corrected chi connectivity index (χ2v) is 7.85. The molecule has 0 saturated carbocycles. The number of nitrogens with two attached hydrogens (primary N) is 1. The van der Waals surface area contributed by atoms with Crippen molar-refractivity contribution in [2.45, 2.75) is 37.8 Å². The minimum absolute atomic E-state index is 0.0426. The second kappa shape index (κ2) is 8.75. The molecule has 158 valence electrons. The first-order valence-corrected chi connectivity index (χ1v) is 10.3. The number of guanidine groups is 1. The van der Waals surface area contributed by atoms with Gasteiger partial charge in [-0.1, -0.05) is 30.3 Å². The fourth-order valence-electron chi connectivity index (χ4n) is 4.16. The largest absolute Gasteiger partial charge is 0.490 e. The zero-order valence-electron chi connectivity index (χ0n) is 16.8. The topological polar surface area (TPSA) is 109 Å². The molecular formula is C23H27N3O4. The van der Waals surface area contributed by atoms with E-state index in [4.69, 9.17) is 20.6 Å². The molecular weight excluding hydrogens is 382 g/mol. The van der Waals surface area contributed by atoms with E-state index in [1.165, 1.54) is 5.56 Å². The van der Waals surface area contributed by atoms with Crippen molar-refractivity contribution in [2.75, 3.05) is 19.8 Å². The zero-order chi connectivity index (χ0) is 21.1. The average Bonchev–Trinajstić information content (AvgIpc) is 2.75. The van der Waals surface area contributed by atoms with Crippen LogP contribution in [-0.4, -0.2) is 47.8 Å². The molecule has 2 aromatic carbocycles. The van der Waals surface area contributed by atoms with Crippen LogP contribution in [0.15, 0.2) is 42.5 Å². The third-order valence-corrected chi connectivity index (χ3v) is 5.85. The van der Waals surface area contributed by atoms with Crippen molar-refractivity contribution in [3.05, 3.63) is 64.7 Å². The summed E-state index contributed by atoms with van der Waals surface area (Å²) in [4.78, 5) is 13.9. The fourth-order valence-corrected chi connectivity index (χ4v) is 4.16. The SMILES string of the molecule is N=C(N)N1CCc2ccc(C(C(=O)O)c3ccc(OC4CCOCC4)cc3)cc2C1. The van der Waals surface area contributed by atoms with Gasteiger partial charge in [0.25, 0.3) is 0 Å². The second-order valence-electron chi connectivity index (χ2n) is 7.85. The van der Waals surface area contributed by atoms with Crippen LogP contribution in [-0.2, 0) is 22.5 Å². The van der Waals surface area contributed by atoms with Gasteiger partial charge in [0.05, 0.1) is 13.2 Å². The third kappa shape index (κ3) is 4.41. The van der Waals surface area contributed by atoms with Crippen molar-refractivity contribution >= 4 is 11.9 Å². The molecule has 2 aromatic rings. The summed E-state index contributed by atoms with van der Waals surface area (Å²) in [7, 11) is 0. The summed E-state index contributed by atoms with van der Waals surface area (Å²) >= 11 is 0. The molecule has 2 heterocycles. The molecule has 0 aromatic heterocycles. The van der Waals surface area contributed by atoms with E-state index >= 15 is 0 Å². The zero-order valence-corrected chi connectivity index (χ0v) is 16.8. The van der Waals surface area contributed by atoms with E-state index in [0.29, 0.717) is 31.9 Å². The van der Waals surface area contributed by atoms with Crippen molar-refractivity contribution in [3.8, 4) is 5.75 Å². The molecule has 0 radical (unpaired) electrons. The smallest absolute Gasteiger partial charge is 0.315 e. The molecule has 0 bridgehead atoms. The highest BCUT2D eigenvalue weighted by atomic mass is 16.5. The molecule has 4 rings (SSSR count). The van der Waals surface area contributed by atoms with Gasteiger partial charge in [0, 0.05) is 25.9 Å². The number of ether oxygens (including phenoxy) is 2. The first-order chi connectivity index (χ1) is 14.5. The standard InChI is InChI=1S/C23H27N3O4/c24-23(25)26-10-7-15-1-2-17(13-18(15)14-26)21(22(27)28)16-3-5-19(6-4-16)30-20-8-11-29-12-9-20/h1-6,13,20-21H,7-12,14H2,(H3,24,25)(H,27,28). The molecule has 2 aliphatic rings. The van der Waals surface area contributed by atoms with Crippen molar-refractivity contribution < 1.29 is 19.4 Å². The van der Waals surface area contributed by atoms with E-state index in [9.17, 15) is 9.90 Å². The van der Waals surface area contributed by atoms with Gasteiger partial charge in [-0.3, -0.25) is 10.2 Å². The Bertz CT molecular complexity index is 923. The van der Waals surface area contributed by atoms with Crippen LogP contribution in [0, 0.1) is 5.41 Å². The van der Waals surface area contributed by atoms with Crippen LogP contribution >= 0.6 is 0 Å². The third-order valence-electron chi connectivity index (χ3n) is 5.85. The number of carboxylic acid groups (broad SMARTS) is 1. The molecule has 7 nitrogen and oxygen atoms in total. The molecule has 0 amide bonds. The Balaban J connectivity index is 1.55. The highest BCUT2D eigenvalue weighted by Crippen LogP contribution is 2.30. The van der Waals surface area contributed by atoms with Gasteiger partial charge in [0.15, 0.2) is 5.96 Å². The van der Waals surface area contributed by atoms with Gasteiger partial charge in [-0.25, -0.2) is 0 Å². The predicted octanol–water partition coefficient (Wildman–Crippen LogP) is 2.71. The molecule has 30 heavy (non-hydrogen) atoms. The molecule has 2 aliphatic heterocycles. The minimum atomic E-state index is -0.896. The minimum Gasteiger partial charge on any atom is -0.490 e. The number of hydrogen-bond donors (Lipinski definition) is 3. The molecule has 1 saturated heterocycles. The summed E-state index contributed by atoms with van der Waals surface area (Å²) < 4.78 is 11.4. The van der Waals surface area contributed by atoms with Gasteiger partial charge >= 0.3 is 5.97 Å². The number of rotatable bonds is 5. The highest BCUT2D eigenvalue weighted by Gasteiger charge is 2.25. The average molecular weight is 409 g/mol. The Hall–Kier alpha value is -3.06. The lowest BCUT2D eigenvalue weighted by Gasteiger charge is -2.29. The van der Waals surface area contributed by atoms with Crippen molar-refractivity contribution in [1.82, 2.24) is 4.90 Å². The Morgan fingerprint density at radius 2 is 1.83 bits per heavy atom. The molecule has 0 aliphatic carbocycles. The van der Waals surface area contributed by atoms with Gasteiger partial charge in [-0.05, 0) is 40.8 Å². The maximum absolute atomic E-state index is 12.1. The Morgan fingerprint density at radius 3 is 2.50 bits per heavy atom. The maximum Gasteiger partial charge on any atom is 0.315 e. The number of hydrogen-bond acceptors (Lipinski definition) is 4. The summed E-state index contributed by atoms with van der Waals surface area (Å²) in [5.74, 6) is -0.870. The normalized spacial score (nSPS) is 17.8. The van der Waals surface area contributed by atoms with Crippen LogP contribution in [0.3, 0.4) is 0 Å². The van der Waals surface area contributed by atoms with E-state index in [1.54, 1.807) is 4.90 Å². The van der Waals surface area contributed by atoms with Crippen LogP contribution in [0.1, 0.15) is 41.0 Å². The molecule has 1 fully saturated rings. The van der Waals surface area contributed by atoms with Crippen LogP contribution in [0.2, 0.25) is 0 Å². The van der Waals surface area contributed by atoms with E-state index in [-0.39, 0.29) is 12.1 Å². The lowest BCUT2D eigenvalue weighted by molar-refractivity contribution is -0.137. The number of aliphatic carboxylic acids is 1. The fraction of sp³-hybridized carbons (Fsp3) is 0.391. The number of fused-ring (bicyclic) bond motifs is 1. The maximum atomic E-state index is 12.1. The van der Waals surface area contributed by atoms with Gasteiger partial charge < -0.3 is 25.2 Å². The number of carboxylic acids is 1. The van der Waals surface area contributed by atoms with Crippen LogP contribution in [0.5, 0.6) is 5.75 Å². The summed E-state index contributed by atoms with van der Waals surface area (Å²) in [5, 5.41) is 17.6. The Labute approximate surface area is 175 Å². The monoisotopic (exact) mass is 409 g/mol. The number of carbonyl (C=O) groups is 1. The van der Waals surface area contributed by atoms with Gasteiger partial charge in [0.2, 0.25) is 0 Å². The molecule has 7 heteroatoms. The lowest BCUT2D eigenvalue weighted by atomic mass is 9.87. The van der Waals surface area contributed by atoms with E-state index in [1.807, 2.05) is 42.5 Å². The predicted molar refractivity (Wildman–Crippen MR) is 113 cm³/mol. The van der Waals surface area contributed by atoms with Crippen molar-refractivity contribution in [3.63, 3.8) is 0 Å². The number of nitrogens with one attached hydrogen (secondary N) is 1. The van der Waals surface area contributed by atoms with Crippen molar-refractivity contribution in [1.29, 1.82) is 5.41 Å². The quantitative estimate of drug-likeness (QED) is 0.518. The molecule has 0 spiro atoms. The Kier molecular flexibility index (Phi) is 5.90. The lowest BCUT2D eigenvalue weighted by Crippen LogP contribution is -2.40. The molecule has 4 N–H and O–H groups in total. The summed E-state index contributed by atoms with van der Waals surface area (Å²) in [6.07, 6.45) is 2.67. The summed E-state index contributed by atoms with van der Waals surface area (Å²) in [5.41, 5.74) is 9.28. The highest BCUT2D eigenvalue weighted by molar-refractivity contribution is 5.80.